The van der Waals surface area contributed by atoms with Gasteiger partial charge in [0.2, 0.25) is 0 Å². The number of rotatable bonds is 6. The molecule has 0 spiro atoms. The van der Waals surface area contributed by atoms with E-state index in [1.54, 1.807) is 0 Å². The van der Waals surface area contributed by atoms with Crippen molar-refractivity contribution in [3.8, 4) is 22.5 Å². The second-order valence-electron chi connectivity index (χ2n) is 8.32. The van der Waals surface area contributed by atoms with Gasteiger partial charge in [-0.3, -0.25) is 15.5 Å². The van der Waals surface area contributed by atoms with Crippen LogP contribution in [0.15, 0.2) is 49.1 Å². The van der Waals surface area contributed by atoms with Crippen LogP contribution in [0.5, 0.6) is 0 Å². The number of aromatic nitrogens is 4. The van der Waals surface area contributed by atoms with Crippen LogP contribution in [0, 0.1) is 5.92 Å². The number of aryl methyl sites for hydroxylation is 2. The molecule has 3 aromatic rings. The normalized spacial score (nSPS) is 24.0. The van der Waals surface area contributed by atoms with Crippen molar-refractivity contribution in [2.75, 3.05) is 0 Å². The first-order valence-electron chi connectivity index (χ1n) is 11.0. The smallest absolute Gasteiger partial charge is 0.0964 e. The Balaban J connectivity index is 1.43. The maximum Gasteiger partial charge on any atom is 0.0964 e. The lowest BCUT2D eigenvalue weighted by atomic mass is 9.81. The monoisotopic (exact) mass is 390 g/mol. The number of hydrogen-bond acceptors (Lipinski definition) is 4. The van der Waals surface area contributed by atoms with Gasteiger partial charge in [-0.25, -0.2) is 4.98 Å². The Bertz CT molecular complexity index is 943. The topological polar surface area (TPSA) is 59.7 Å². The lowest BCUT2D eigenvalue weighted by Crippen LogP contribution is -2.33. The van der Waals surface area contributed by atoms with Gasteiger partial charge in [-0.2, -0.15) is 5.10 Å². The summed E-state index contributed by atoms with van der Waals surface area (Å²) in [5.41, 5.74) is 11.6. The summed E-state index contributed by atoms with van der Waals surface area (Å²) in [7, 11) is 0. The second kappa shape index (κ2) is 8.13. The molecule has 29 heavy (non-hydrogen) atoms. The molecule has 2 fully saturated rings. The van der Waals surface area contributed by atoms with Gasteiger partial charge in [-0.05, 0) is 32.1 Å². The number of fused-ring (bicyclic) bond motifs is 1. The molecule has 1 saturated carbocycles. The molecule has 1 saturated heterocycles. The molecule has 0 bridgehead atoms. The Morgan fingerprint density at radius 3 is 2.76 bits per heavy atom. The van der Waals surface area contributed by atoms with E-state index in [2.05, 4.69) is 64.0 Å². The van der Waals surface area contributed by atoms with Crippen molar-refractivity contribution in [1.29, 1.82) is 0 Å². The van der Waals surface area contributed by atoms with E-state index < -0.39 is 0 Å². The number of nitrogens with one attached hydrogen (secondary N) is 2. The quantitative estimate of drug-likeness (QED) is 0.671. The summed E-state index contributed by atoms with van der Waals surface area (Å²) in [5.74, 6) is 0.757. The van der Waals surface area contributed by atoms with E-state index in [-0.39, 0.29) is 0 Å². The summed E-state index contributed by atoms with van der Waals surface area (Å²) in [6.45, 7) is 3.94. The Labute approximate surface area is 172 Å². The molecular weight excluding hydrogens is 360 g/mol. The summed E-state index contributed by atoms with van der Waals surface area (Å²) in [6.07, 6.45) is 12.6. The molecule has 1 aliphatic carbocycles. The molecule has 6 heteroatoms. The highest BCUT2D eigenvalue weighted by Crippen LogP contribution is 2.34. The average Bonchev–Trinajstić information content (AvgIpc) is 3.50. The van der Waals surface area contributed by atoms with E-state index in [0.717, 1.165) is 42.2 Å². The molecule has 3 atom stereocenters. The van der Waals surface area contributed by atoms with Crippen LogP contribution in [0.3, 0.4) is 0 Å². The fourth-order valence-electron chi connectivity index (χ4n) is 5.03. The van der Waals surface area contributed by atoms with Crippen LogP contribution in [-0.2, 0) is 13.1 Å². The molecule has 0 amide bonds. The largest absolute Gasteiger partial charge is 0.330 e. The Morgan fingerprint density at radius 2 is 1.93 bits per heavy atom. The van der Waals surface area contributed by atoms with E-state index in [1.165, 1.54) is 31.4 Å². The summed E-state index contributed by atoms with van der Waals surface area (Å²) >= 11 is 0. The van der Waals surface area contributed by atoms with Gasteiger partial charge in [0.05, 0.1) is 23.9 Å². The van der Waals surface area contributed by atoms with Gasteiger partial charge in [-0.1, -0.05) is 43.2 Å². The lowest BCUT2D eigenvalue weighted by Gasteiger charge is -2.27. The van der Waals surface area contributed by atoms with Gasteiger partial charge in [-0.15, -0.1) is 0 Å². The highest BCUT2D eigenvalue weighted by atomic mass is 15.4. The highest BCUT2D eigenvalue weighted by Gasteiger charge is 2.36. The molecule has 6 nitrogen and oxygen atoms in total. The predicted octanol–water partition coefficient (Wildman–Crippen LogP) is 3.86. The Morgan fingerprint density at radius 1 is 1.07 bits per heavy atom. The van der Waals surface area contributed by atoms with Gasteiger partial charge < -0.3 is 4.57 Å². The summed E-state index contributed by atoms with van der Waals surface area (Å²) in [6, 6.07) is 11.7. The SMILES string of the molecule is CCn1cc(-c2c(-c3ccccc3)ncn2CCC2NNC3CCCCC32)cn1. The number of benzene rings is 1. The first-order valence-corrected chi connectivity index (χ1v) is 11.0. The molecule has 5 rings (SSSR count). The lowest BCUT2D eigenvalue weighted by molar-refractivity contribution is 0.294. The Hall–Kier alpha value is -2.44. The van der Waals surface area contributed by atoms with Crippen molar-refractivity contribution in [3.05, 3.63) is 49.1 Å². The molecule has 152 valence electrons. The third kappa shape index (κ3) is 3.63. The molecular formula is C23H30N6. The molecule has 2 aliphatic rings. The van der Waals surface area contributed by atoms with Crippen LogP contribution in [0.1, 0.15) is 39.0 Å². The van der Waals surface area contributed by atoms with E-state index in [4.69, 9.17) is 4.98 Å². The van der Waals surface area contributed by atoms with E-state index in [1.807, 2.05) is 17.2 Å². The van der Waals surface area contributed by atoms with Gasteiger partial charge in [0, 0.05) is 42.5 Å². The number of imidazole rings is 1. The summed E-state index contributed by atoms with van der Waals surface area (Å²) in [5, 5.41) is 4.51. The van der Waals surface area contributed by atoms with Crippen LogP contribution in [-0.4, -0.2) is 31.4 Å². The van der Waals surface area contributed by atoms with Crippen molar-refractivity contribution in [3.63, 3.8) is 0 Å². The minimum absolute atomic E-state index is 0.536. The number of hydrogen-bond donors (Lipinski definition) is 2. The summed E-state index contributed by atoms with van der Waals surface area (Å²) in [4.78, 5) is 4.81. The number of nitrogens with zero attached hydrogens (tertiary/aromatic N) is 4. The maximum absolute atomic E-state index is 4.81. The highest BCUT2D eigenvalue weighted by molar-refractivity contribution is 5.78. The minimum Gasteiger partial charge on any atom is -0.330 e. The molecule has 1 aliphatic heterocycles. The van der Waals surface area contributed by atoms with Crippen molar-refractivity contribution in [2.45, 2.75) is 64.2 Å². The molecule has 2 N–H and O–H groups in total. The van der Waals surface area contributed by atoms with Gasteiger partial charge >= 0.3 is 0 Å². The molecule has 3 heterocycles. The molecule has 3 unspecified atom stereocenters. The summed E-state index contributed by atoms with van der Waals surface area (Å²) < 4.78 is 4.30. The maximum atomic E-state index is 4.81. The van der Waals surface area contributed by atoms with Crippen molar-refractivity contribution < 1.29 is 0 Å². The molecule has 1 aromatic carbocycles. The third-order valence-corrected chi connectivity index (χ3v) is 6.59. The second-order valence-corrected chi connectivity index (χ2v) is 8.32. The van der Waals surface area contributed by atoms with E-state index in [0.29, 0.717) is 12.1 Å². The Kier molecular flexibility index (Phi) is 5.21. The number of hydrazine groups is 1. The molecule has 0 radical (unpaired) electrons. The van der Waals surface area contributed by atoms with Crippen LogP contribution in [0.25, 0.3) is 22.5 Å². The van der Waals surface area contributed by atoms with Crippen molar-refractivity contribution >= 4 is 0 Å². The van der Waals surface area contributed by atoms with Crippen molar-refractivity contribution in [1.82, 2.24) is 30.2 Å². The van der Waals surface area contributed by atoms with Crippen LogP contribution < -0.4 is 10.9 Å². The van der Waals surface area contributed by atoms with Gasteiger partial charge in [0.25, 0.3) is 0 Å². The molecule has 2 aromatic heterocycles. The van der Waals surface area contributed by atoms with Gasteiger partial charge in [0.1, 0.15) is 0 Å². The van der Waals surface area contributed by atoms with Gasteiger partial charge in [0.15, 0.2) is 0 Å². The first kappa shape index (κ1) is 18.6. The zero-order valence-corrected chi connectivity index (χ0v) is 17.1. The van der Waals surface area contributed by atoms with Crippen LogP contribution in [0.2, 0.25) is 0 Å². The average molecular weight is 391 g/mol. The first-order chi connectivity index (χ1) is 14.3. The fraction of sp³-hybridized carbons (Fsp3) is 0.478. The predicted molar refractivity (Wildman–Crippen MR) is 115 cm³/mol. The van der Waals surface area contributed by atoms with E-state index >= 15 is 0 Å². The fourth-order valence-corrected chi connectivity index (χ4v) is 5.03. The zero-order valence-electron chi connectivity index (χ0n) is 17.1. The van der Waals surface area contributed by atoms with E-state index in [9.17, 15) is 0 Å². The minimum atomic E-state index is 0.536. The van der Waals surface area contributed by atoms with Crippen molar-refractivity contribution in [2.24, 2.45) is 5.92 Å². The third-order valence-electron chi connectivity index (χ3n) is 6.59. The zero-order chi connectivity index (χ0) is 19.6. The van der Waals surface area contributed by atoms with Crippen LogP contribution in [0.4, 0.5) is 0 Å². The van der Waals surface area contributed by atoms with Crippen LogP contribution >= 0.6 is 0 Å². The standard InChI is InChI=1S/C23H30N6/c1-2-29-15-18(14-25-29)23-22(17-8-4-3-5-9-17)24-16-28(23)13-12-21-19-10-6-7-11-20(19)26-27-21/h3-5,8-9,14-16,19-21,26-27H,2,6-7,10-13H2,1H3.